The van der Waals surface area contributed by atoms with E-state index in [9.17, 15) is 0 Å². The van der Waals surface area contributed by atoms with Crippen LogP contribution in [-0.4, -0.2) is 19.1 Å². The zero-order chi connectivity index (χ0) is 38.9. The van der Waals surface area contributed by atoms with E-state index in [4.69, 9.17) is 9.97 Å². The van der Waals surface area contributed by atoms with E-state index < -0.39 is 0 Å². The van der Waals surface area contributed by atoms with Gasteiger partial charge in [-0.25, -0.2) is 9.97 Å². The van der Waals surface area contributed by atoms with E-state index in [0.717, 1.165) is 67.1 Å². The molecule has 4 heterocycles. The fourth-order valence-corrected chi connectivity index (χ4v) is 10.3. The highest BCUT2D eigenvalue weighted by Crippen LogP contribution is 2.50. The van der Waals surface area contributed by atoms with Crippen LogP contribution in [0.4, 0.5) is 0 Å². The molecule has 5 heteroatoms. The lowest BCUT2D eigenvalue weighted by Crippen LogP contribution is -1.97. The number of fused-ring (bicyclic) bond motifs is 7. The van der Waals surface area contributed by atoms with Crippen LogP contribution in [0.3, 0.4) is 0 Å². The molecule has 0 amide bonds. The number of rotatable bonds is 6. The van der Waals surface area contributed by atoms with Crippen LogP contribution in [-0.2, 0) is 0 Å². The van der Waals surface area contributed by atoms with Gasteiger partial charge in [-0.2, -0.15) is 0 Å². The van der Waals surface area contributed by atoms with Crippen molar-refractivity contribution in [1.29, 1.82) is 0 Å². The maximum Gasteiger partial charge on any atom is 0.145 e. The molecule has 0 atom stereocenters. The van der Waals surface area contributed by atoms with Crippen LogP contribution in [0.25, 0.3) is 109 Å². The molecule has 4 nitrogen and oxygen atoms in total. The Morgan fingerprint density at radius 3 is 1.66 bits per heavy atom. The maximum atomic E-state index is 5.42. The van der Waals surface area contributed by atoms with Crippen molar-refractivity contribution in [3.8, 4) is 55.6 Å². The summed E-state index contributed by atoms with van der Waals surface area (Å²) >= 11 is 1.86. The van der Waals surface area contributed by atoms with Gasteiger partial charge in [-0.15, -0.1) is 11.3 Å². The summed E-state index contributed by atoms with van der Waals surface area (Å²) < 4.78 is 5.90. The van der Waals surface area contributed by atoms with Gasteiger partial charge in [0.1, 0.15) is 5.82 Å². The third-order valence-electron chi connectivity index (χ3n) is 11.5. The maximum absolute atomic E-state index is 5.42. The van der Waals surface area contributed by atoms with Crippen LogP contribution in [0.1, 0.15) is 0 Å². The average molecular weight is 771 g/mol. The monoisotopic (exact) mass is 770 g/mol. The van der Waals surface area contributed by atoms with Crippen molar-refractivity contribution < 1.29 is 0 Å². The summed E-state index contributed by atoms with van der Waals surface area (Å²) in [6.45, 7) is 0. The van der Waals surface area contributed by atoms with Crippen molar-refractivity contribution >= 4 is 65.2 Å². The number of thiophene rings is 1. The summed E-state index contributed by atoms with van der Waals surface area (Å²) in [7, 11) is 0. The van der Waals surface area contributed by atoms with Crippen molar-refractivity contribution in [2.24, 2.45) is 0 Å². The standard InChI is InChI=1S/C54H34N4S/c1-3-16-35(17-4-1)51-50-49(38-18-15-21-40(34-38)57-46-27-12-8-22-41(46)42-23-9-13-28-47(42)57)52(59-53(50)43-24-7-10-25-44(43)55-51)36-30-32-37(33-31-36)54-56-45-26-11-14-29-48(45)58(54)39-19-5-2-6-20-39/h1-34H. The quantitative estimate of drug-likeness (QED) is 0.169. The fraction of sp³-hybridized carbons (Fsp3) is 0. The predicted molar refractivity (Wildman–Crippen MR) is 248 cm³/mol. The number of benzene rings is 8. The molecule has 276 valence electrons. The Bertz CT molecular complexity index is 3490. The average Bonchev–Trinajstić information content (AvgIpc) is 4.00. The third-order valence-corrected chi connectivity index (χ3v) is 12.8. The fourth-order valence-electron chi connectivity index (χ4n) is 8.90. The first-order chi connectivity index (χ1) is 29.3. The molecule has 0 aliphatic carbocycles. The van der Waals surface area contributed by atoms with Crippen molar-refractivity contribution in [2.75, 3.05) is 0 Å². The van der Waals surface area contributed by atoms with E-state index in [2.05, 4.69) is 215 Å². The Morgan fingerprint density at radius 2 is 0.932 bits per heavy atom. The Morgan fingerprint density at radius 1 is 0.373 bits per heavy atom. The van der Waals surface area contributed by atoms with Gasteiger partial charge in [0.2, 0.25) is 0 Å². The minimum Gasteiger partial charge on any atom is -0.309 e. The van der Waals surface area contributed by atoms with Gasteiger partial charge >= 0.3 is 0 Å². The largest absolute Gasteiger partial charge is 0.309 e. The lowest BCUT2D eigenvalue weighted by atomic mass is 9.94. The number of aromatic nitrogens is 4. The first-order valence-electron chi connectivity index (χ1n) is 19.9. The van der Waals surface area contributed by atoms with Gasteiger partial charge in [0.05, 0.1) is 33.3 Å². The van der Waals surface area contributed by atoms with E-state index in [1.165, 1.54) is 42.3 Å². The van der Waals surface area contributed by atoms with Gasteiger partial charge in [0, 0.05) is 59.2 Å². The highest BCUT2D eigenvalue weighted by Gasteiger charge is 2.24. The Kier molecular flexibility index (Phi) is 7.68. The van der Waals surface area contributed by atoms with Crippen LogP contribution in [0.5, 0.6) is 0 Å². The Balaban J connectivity index is 1.11. The van der Waals surface area contributed by atoms with E-state index in [1.54, 1.807) is 0 Å². The van der Waals surface area contributed by atoms with Crippen molar-refractivity contribution in [2.45, 2.75) is 0 Å². The zero-order valence-corrected chi connectivity index (χ0v) is 32.6. The lowest BCUT2D eigenvalue weighted by molar-refractivity contribution is 1.10. The first-order valence-corrected chi connectivity index (χ1v) is 20.7. The molecular formula is C54H34N4S. The highest BCUT2D eigenvalue weighted by molar-refractivity contribution is 7.24. The van der Waals surface area contributed by atoms with Crippen LogP contribution in [0.2, 0.25) is 0 Å². The molecule has 0 N–H and O–H groups in total. The minimum atomic E-state index is 0.918. The molecule has 0 saturated heterocycles. The molecule has 0 aliphatic heterocycles. The number of pyridine rings is 1. The summed E-state index contributed by atoms with van der Waals surface area (Å²) in [5.41, 5.74) is 14.3. The molecule has 0 saturated carbocycles. The summed E-state index contributed by atoms with van der Waals surface area (Å²) in [4.78, 5) is 11.8. The molecule has 0 spiro atoms. The molecule has 0 aliphatic rings. The SMILES string of the molecule is c1ccc(-c2nc3ccccc3c3sc(-c4ccc(-c5nc6ccccc6n5-c5ccccc5)cc4)c(-c4cccc(-n5c6ccccc6c6ccccc65)c4)c23)cc1. The molecule has 4 aromatic heterocycles. The normalized spacial score (nSPS) is 11.7. The second-order valence-corrected chi connectivity index (χ2v) is 16.0. The summed E-state index contributed by atoms with van der Waals surface area (Å²) in [6, 6.07) is 73.6. The first kappa shape index (κ1) is 33.5. The number of nitrogens with zero attached hydrogens (tertiary/aromatic N) is 4. The molecule has 59 heavy (non-hydrogen) atoms. The van der Waals surface area contributed by atoms with Crippen LogP contribution in [0.15, 0.2) is 206 Å². The van der Waals surface area contributed by atoms with Crippen LogP contribution < -0.4 is 0 Å². The van der Waals surface area contributed by atoms with E-state index in [-0.39, 0.29) is 0 Å². The molecule has 0 bridgehead atoms. The Labute approximate surface area is 344 Å². The second kappa shape index (κ2) is 13.5. The van der Waals surface area contributed by atoms with Gasteiger partial charge in [0.15, 0.2) is 0 Å². The van der Waals surface area contributed by atoms with Crippen molar-refractivity contribution in [3.63, 3.8) is 0 Å². The number of imidazole rings is 1. The highest BCUT2D eigenvalue weighted by atomic mass is 32.1. The topological polar surface area (TPSA) is 35.6 Å². The zero-order valence-electron chi connectivity index (χ0n) is 31.8. The number of para-hydroxylation sites is 6. The molecule has 8 aromatic carbocycles. The second-order valence-electron chi connectivity index (χ2n) is 14.9. The molecule has 0 radical (unpaired) electrons. The molecule has 12 rings (SSSR count). The van der Waals surface area contributed by atoms with Crippen molar-refractivity contribution in [1.82, 2.24) is 19.1 Å². The number of hydrogen-bond donors (Lipinski definition) is 0. The van der Waals surface area contributed by atoms with Gasteiger partial charge in [-0.1, -0.05) is 152 Å². The molecule has 0 unspecified atom stereocenters. The van der Waals surface area contributed by atoms with E-state index in [0.29, 0.717) is 0 Å². The predicted octanol–water partition coefficient (Wildman–Crippen LogP) is 14.6. The van der Waals surface area contributed by atoms with Gasteiger partial charge < -0.3 is 4.57 Å². The third kappa shape index (κ3) is 5.36. The van der Waals surface area contributed by atoms with Gasteiger partial charge in [-0.3, -0.25) is 4.57 Å². The smallest absolute Gasteiger partial charge is 0.145 e. The Hall–Kier alpha value is -7.60. The summed E-state index contributed by atoms with van der Waals surface area (Å²) in [5, 5.41) is 4.83. The van der Waals surface area contributed by atoms with E-state index >= 15 is 0 Å². The lowest BCUT2D eigenvalue weighted by Gasteiger charge is -2.14. The van der Waals surface area contributed by atoms with Gasteiger partial charge in [0.25, 0.3) is 0 Å². The van der Waals surface area contributed by atoms with Crippen molar-refractivity contribution in [3.05, 3.63) is 206 Å². The molecule has 0 fully saturated rings. The summed E-state index contributed by atoms with van der Waals surface area (Å²) in [5.74, 6) is 0.918. The molecule has 12 aromatic rings. The van der Waals surface area contributed by atoms with Gasteiger partial charge in [-0.05, 0) is 65.7 Å². The molecular weight excluding hydrogens is 737 g/mol. The van der Waals surface area contributed by atoms with E-state index in [1.807, 2.05) is 11.3 Å². The summed E-state index contributed by atoms with van der Waals surface area (Å²) in [6.07, 6.45) is 0. The van der Waals surface area contributed by atoms with Crippen LogP contribution >= 0.6 is 11.3 Å². The minimum absolute atomic E-state index is 0.918. The number of hydrogen-bond acceptors (Lipinski definition) is 3. The van der Waals surface area contributed by atoms with Crippen LogP contribution in [0, 0.1) is 0 Å².